The zero-order chi connectivity index (χ0) is 10.2. The van der Waals surface area contributed by atoms with E-state index in [1.54, 1.807) is 13.0 Å². The smallest absolute Gasteiger partial charge is 0.234 e. The van der Waals surface area contributed by atoms with E-state index in [2.05, 4.69) is 0 Å². The molecule has 1 rings (SSSR count). The molecule has 0 unspecified atom stereocenters. The summed E-state index contributed by atoms with van der Waals surface area (Å²) in [4.78, 5) is 0. The Morgan fingerprint density at radius 2 is 1.31 bits per heavy atom. The third-order valence-electron chi connectivity index (χ3n) is 2.15. The fourth-order valence-electron chi connectivity index (χ4n) is 1.27. The van der Waals surface area contributed by atoms with Crippen LogP contribution >= 0.6 is 0 Å². The summed E-state index contributed by atoms with van der Waals surface area (Å²) in [5, 5.41) is -0.393. The summed E-state index contributed by atoms with van der Waals surface area (Å²) in [6.45, 7) is 5.05. The lowest BCUT2D eigenvalue weighted by Crippen LogP contribution is -2.36. The van der Waals surface area contributed by atoms with Crippen LogP contribution in [0.15, 0.2) is 12.1 Å². The summed E-state index contributed by atoms with van der Waals surface area (Å²) in [5.41, 5.74) is 1.98. The Morgan fingerprint density at radius 1 is 0.846 bits per heavy atom. The van der Waals surface area contributed by atoms with Crippen LogP contribution in [-0.4, -0.2) is 9.08 Å². The Hall–Kier alpha value is -0.773. The fraction of sp³-hybridized carbons (Fsp3) is 0.333. The van der Waals surface area contributed by atoms with Crippen molar-refractivity contribution in [3.05, 3.63) is 28.8 Å². The molecule has 0 N–H and O–H groups in total. The number of aryl methyl sites for hydroxylation is 3. The van der Waals surface area contributed by atoms with Gasteiger partial charge >= 0.3 is 9.08 Å². The van der Waals surface area contributed by atoms with Crippen LogP contribution in [0.2, 0.25) is 0 Å². The van der Waals surface area contributed by atoms with Gasteiger partial charge in [0.2, 0.25) is 0 Å². The highest BCUT2D eigenvalue weighted by Crippen LogP contribution is 2.15. The van der Waals surface area contributed by atoms with Gasteiger partial charge in [-0.15, -0.1) is 0 Å². The first kappa shape index (κ1) is 10.3. The van der Waals surface area contributed by atoms with Gasteiger partial charge in [-0.25, -0.2) is 12.3 Å². The standard InChI is InChI=1S/C9H11F3Si/c1-6-4-8(3)9(5-7(6)2)13(10,11)12/h4-5H,1-3H3. The molecule has 0 aliphatic carbocycles. The first-order valence-electron chi connectivity index (χ1n) is 3.97. The number of benzene rings is 1. The van der Waals surface area contributed by atoms with Crippen molar-refractivity contribution in [2.24, 2.45) is 0 Å². The number of halogens is 3. The van der Waals surface area contributed by atoms with E-state index in [1.807, 2.05) is 6.92 Å². The van der Waals surface area contributed by atoms with Gasteiger partial charge in [-0.05, 0) is 37.5 Å². The Kier molecular flexibility index (Phi) is 2.52. The van der Waals surface area contributed by atoms with Crippen molar-refractivity contribution < 1.29 is 12.3 Å². The molecule has 0 saturated heterocycles. The summed E-state index contributed by atoms with van der Waals surface area (Å²) < 4.78 is 37.5. The molecule has 0 nitrogen and oxygen atoms in total. The molecular formula is C9H11F3Si. The highest BCUT2D eigenvalue weighted by atomic mass is 28.5. The third-order valence-corrected chi connectivity index (χ3v) is 3.30. The van der Waals surface area contributed by atoms with Gasteiger partial charge in [-0.3, -0.25) is 0 Å². The minimum Gasteiger partial charge on any atom is -0.234 e. The van der Waals surface area contributed by atoms with Crippen LogP contribution in [0.25, 0.3) is 0 Å². The van der Waals surface area contributed by atoms with Crippen molar-refractivity contribution in [1.82, 2.24) is 0 Å². The van der Waals surface area contributed by atoms with Gasteiger partial charge in [-0.1, -0.05) is 12.1 Å². The molecule has 0 aliphatic rings. The summed E-state index contributed by atoms with van der Waals surface area (Å²) in [6.07, 6.45) is 0. The van der Waals surface area contributed by atoms with Crippen LogP contribution in [0.4, 0.5) is 12.3 Å². The summed E-state index contributed by atoms with van der Waals surface area (Å²) >= 11 is 0. The zero-order valence-corrected chi connectivity index (χ0v) is 8.79. The Labute approximate surface area is 76.9 Å². The largest absolute Gasteiger partial charge is 0.653 e. The summed E-state index contributed by atoms with van der Waals surface area (Å²) in [7, 11) is -5.63. The zero-order valence-electron chi connectivity index (χ0n) is 7.79. The van der Waals surface area contributed by atoms with Crippen molar-refractivity contribution in [2.45, 2.75) is 20.8 Å². The molecule has 0 bridgehead atoms. The van der Waals surface area contributed by atoms with E-state index in [9.17, 15) is 12.3 Å². The van der Waals surface area contributed by atoms with E-state index in [1.165, 1.54) is 13.0 Å². The monoisotopic (exact) mass is 204 g/mol. The number of hydrogen-bond acceptors (Lipinski definition) is 0. The van der Waals surface area contributed by atoms with Crippen molar-refractivity contribution in [3.8, 4) is 0 Å². The first-order valence-corrected chi connectivity index (χ1v) is 5.61. The molecule has 0 aliphatic heterocycles. The first-order chi connectivity index (χ1) is 5.82. The van der Waals surface area contributed by atoms with E-state index >= 15 is 0 Å². The molecule has 13 heavy (non-hydrogen) atoms. The molecule has 0 radical (unpaired) electrons. The maximum absolute atomic E-state index is 12.5. The van der Waals surface area contributed by atoms with E-state index in [4.69, 9.17) is 0 Å². The van der Waals surface area contributed by atoms with Gasteiger partial charge in [-0.2, -0.15) is 0 Å². The van der Waals surface area contributed by atoms with E-state index in [0.717, 1.165) is 5.56 Å². The Morgan fingerprint density at radius 3 is 1.77 bits per heavy atom. The molecule has 1 aromatic carbocycles. The molecule has 0 aromatic heterocycles. The maximum Gasteiger partial charge on any atom is 0.653 e. The van der Waals surface area contributed by atoms with Crippen molar-refractivity contribution in [2.75, 3.05) is 0 Å². The molecule has 4 heteroatoms. The lowest BCUT2D eigenvalue weighted by Gasteiger charge is -2.09. The van der Waals surface area contributed by atoms with Crippen LogP contribution in [0.3, 0.4) is 0 Å². The average Bonchev–Trinajstić information content (AvgIpc) is 1.94. The normalized spacial score (nSPS) is 11.8. The minimum absolute atomic E-state index is 0.349. The SMILES string of the molecule is Cc1cc(C)c([Si](F)(F)F)cc1C. The van der Waals surface area contributed by atoms with Crippen LogP contribution in [0, 0.1) is 20.8 Å². The maximum atomic E-state index is 12.5. The second kappa shape index (κ2) is 3.18. The van der Waals surface area contributed by atoms with E-state index in [0.29, 0.717) is 11.1 Å². The van der Waals surface area contributed by atoms with Gasteiger partial charge in [0.25, 0.3) is 0 Å². The van der Waals surface area contributed by atoms with Crippen molar-refractivity contribution >= 4 is 14.3 Å². The number of rotatable bonds is 1. The lowest BCUT2D eigenvalue weighted by molar-refractivity contribution is 0.500. The van der Waals surface area contributed by atoms with Crippen LogP contribution in [0.1, 0.15) is 16.7 Å². The fourth-order valence-corrected chi connectivity index (χ4v) is 2.17. The molecule has 1 aromatic rings. The third kappa shape index (κ3) is 2.12. The van der Waals surface area contributed by atoms with Crippen molar-refractivity contribution in [1.29, 1.82) is 0 Å². The number of hydrogen-bond donors (Lipinski definition) is 0. The summed E-state index contributed by atoms with van der Waals surface area (Å²) in [5.74, 6) is 0. The Bertz CT molecular complexity index is 328. The molecule has 0 amide bonds. The van der Waals surface area contributed by atoms with Crippen LogP contribution < -0.4 is 5.19 Å². The second-order valence-electron chi connectivity index (χ2n) is 3.25. The average molecular weight is 204 g/mol. The van der Waals surface area contributed by atoms with Gasteiger partial charge in [0.15, 0.2) is 0 Å². The summed E-state index contributed by atoms with van der Waals surface area (Å²) in [6, 6.07) is 2.86. The molecule has 0 fully saturated rings. The highest BCUT2D eigenvalue weighted by molar-refractivity contribution is 6.74. The molecule has 0 heterocycles. The predicted octanol–water partition coefficient (Wildman–Crippen LogP) is 2.67. The molecule has 0 saturated carbocycles. The van der Waals surface area contributed by atoms with E-state index in [-0.39, 0.29) is 0 Å². The van der Waals surface area contributed by atoms with Gasteiger partial charge < -0.3 is 0 Å². The van der Waals surface area contributed by atoms with Crippen LogP contribution in [-0.2, 0) is 0 Å². The minimum atomic E-state index is -5.63. The Balaban J connectivity index is 3.32. The topological polar surface area (TPSA) is 0 Å². The highest BCUT2D eigenvalue weighted by Gasteiger charge is 2.41. The molecule has 72 valence electrons. The quantitative estimate of drug-likeness (QED) is 0.487. The van der Waals surface area contributed by atoms with Gasteiger partial charge in [0.05, 0.1) is 0 Å². The van der Waals surface area contributed by atoms with Crippen LogP contribution in [0.5, 0.6) is 0 Å². The second-order valence-corrected chi connectivity index (χ2v) is 4.78. The van der Waals surface area contributed by atoms with Crippen molar-refractivity contribution in [3.63, 3.8) is 0 Å². The predicted molar refractivity (Wildman–Crippen MR) is 49.4 cm³/mol. The molecular weight excluding hydrogens is 193 g/mol. The molecule has 0 spiro atoms. The lowest BCUT2D eigenvalue weighted by atomic mass is 10.1. The van der Waals surface area contributed by atoms with Gasteiger partial charge in [0, 0.05) is 5.19 Å². The van der Waals surface area contributed by atoms with Gasteiger partial charge in [0.1, 0.15) is 0 Å². The molecule has 0 atom stereocenters. The van der Waals surface area contributed by atoms with E-state index < -0.39 is 14.3 Å².